The van der Waals surface area contributed by atoms with Crippen LogP contribution in [-0.4, -0.2) is 58.6 Å². The van der Waals surface area contributed by atoms with Gasteiger partial charge in [0, 0.05) is 13.0 Å². The van der Waals surface area contributed by atoms with E-state index in [1.165, 1.54) is 6.92 Å². The fraction of sp³-hybridized carbons (Fsp3) is 0.789. The maximum atomic E-state index is 12.4. The molecule has 3 amide bonds. The highest BCUT2D eigenvalue weighted by atomic mass is 16.4. The van der Waals surface area contributed by atoms with E-state index >= 15 is 0 Å². The molecule has 0 saturated heterocycles. The SMILES string of the molecule is CC(C)CC(O)C(=O)NC(C)C(=O)NC(CC(C)C)C(=O)NCCCC(=O)O. The minimum atomic E-state index is -1.20. The quantitative estimate of drug-likeness (QED) is 0.283. The molecule has 28 heavy (non-hydrogen) atoms. The second-order valence-corrected chi connectivity index (χ2v) is 7.85. The van der Waals surface area contributed by atoms with Crippen LogP contribution >= 0.6 is 0 Å². The third-order valence-electron chi connectivity index (χ3n) is 3.96. The Hall–Kier alpha value is -2.16. The first kappa shape index (κ1) is 25.8. The van der Waals surface area contributed by atoms with Gasteiger partial charge in [0.15, 0.2) is 0 Å². The molecule has 9 nitrogen and oxygen atoms in total. The normalized spacial score (nSPS) is 14.3. The summed E-state index contributed by atoms with van der Waals surface area (Å²) in [6.07, 6.45) is -0.270. The van der Waals surface area contributed by atoms with Crippen LogP contribution in [0.3, 0.4) is 0 Å². The highest BCUT2D eigenvalue weighted by Crippen LogP contribution is 2.07. The van der Waals surface area contributed by atoms with Gasteiger partial charge in [0.05, 0.1) is 0 Å². The molecule has 0 fully saturated rings. The molecule has 3 atom stereocenters. The van der Waals surface area contributed by atoms with Crippen molar-refractivity contribution in [3.8, 4) is 0 Å². The van der Waals surface area contributed by atoms with Gasteiger partial charge in [-0.25, -0.2) is 0 Å². The number of aliphatic hydroxyl groups excluding tert-OH is 1. The Bertz CT molecular complexity index is 536. The van der Waals surface area contributed by atoms with Gasteiger partial charge in [-0.3, -0.25) is 19.2 Å². The van der Waals surface area contributed by atoms with Crippen LogP contribution in [0.15, 0.2) is 0 Å². The monoisotopic (exact) mass is 401 g/mol. The summed E-state index contributed by atoms with van der Waals surface area (Å²) >= 11 is 0. The fourth-order valence-corrected chi connectivity index (χ4v) is 2.50. The van der Waals surface area contributed by atoms with Gasteiger partial charge < -0.3 is 26.2 Å². The number of hydrogen-bond donors (Lipinski definition) is 5. The molecule has 0 radical (unpaired) electrons. The van der Waals surface area contributed by atoms with Crippen molar-refractivity contribution in [3.05, 3.63) is 0 Å². The molecular formula is C19H35N3O6. The van der Waals surface area contributed by atoms with E-state index in [1.807, 2.05) is 27.7 Å². The van der Waals surface area contributed by atoms with Gasteiger partial charge in [0.25, 0.3) is 0 Å². The van der Waals surface area contributed by atoms with Gasteiger partial charge in [-0.1, -0.05) is 27.7 Å². The maximum absolute atomic E-state index is 12.4. The lowest BCUT2D eigenvalue weighted by Crippen LogP contribution is -2.54. The first-order valence-corrected chi connectivity index (χ1v) is 9.72. The Morgan fingerprint density at radius 1 is 0.821 bits per heavy atom. The third-order valence-corrected chi connectivity index (χ3v) is 3.96. The molecule has 0 aromatic carbocycles. The highest BCUT2D eigenvalue weighted by molar-refractivity contribution is 5.92. The average Bonchev–Trinajstić information content (AvgIpc) is 2.56. The Kier molecular flexibility index (Phi) is 12.1. The molecule has 0 heterocycles. The Balaban J connectivity index is 4.71. The second kappa shape index (κ2) is 13.1. The predicted octanol–water partition coefficient (Wildman–Crippen LogP) is 0.410. The zero-order valence-corrected chi connectivity index (χ0v) is 17.4. The van der Waals surface area contributed by atoms with Crippen molar-refractivity contribution in [2.75, 3.05) is 6.54 Å². The summed E-state index contributed by atoms with van der Waals surface area (Å²) in [7, 11) is 0. The Morgan fingerprint density at radius 2 is 1.39 bits per heavy atom. The molecule has 5 N–H and O–H groups in total. The van der Waals surface area contributed by atoms with Crippen LogP contribution in [0, 0.1) is 11.8 Å². The molecule has 162 valence electrons. The maximum Gasteiger partial charge on any atom is 0.303 e. The topological polar surface area (TPSA) is 145 Å². The zero-order valence-electron chi connectivity index (χ0n) is 17.4. The first-order valence-electron chi connectivity index (χ1n) is 9.72. The number of amides is 3. The summed E-state index contributed by atoms with van der Waals surface area (Å²) < 4.78 is 0. The fourth-order valence-electron chi connectivity index (χ4n) is 2.50. The highest BCUT2D eigenvalue weighted by Gasteiger charge is 2.26. The smallest absolute Gasteiger partial charge is 0.303 e. The molecule has 0 aromatic rings. The number of aliphatic hydroxyl groups is 1. The average molecular weight is 402 g/mol. The van der Waals surface area contributed by atoms with Crippen molar-refractivity contribution in [2.45, 2.75) is 78.5 Å². The molecule has 0 aromatic heterocycles. The Morgan fingerprint density at radius 3 is 1.89 bits per heavy atom. The van der Waals surface area contributed by atoms with Crippen molar-refractivity contribution >= 4 is 23.7 Å². The largest absolute Gasteiger partial charge is 0.481 e. The van der Waals surface area contributed by atoms with E-state index in [4.69, 9.17) is 5.11 Å². The van der Waals surface area contributed by atoms with Crippen molar-refractivity contribution < 1.29 is 29.4 Å². The molecule has 0 saturated carbocycles. The van der Waals surface area contributed by atoms with Crippen LogP contribution in [0.5, 0.6) is 0 Å². The van der Waals surface area contributed by atoms with Crippen LogP contribution in [0.2, 0.25) is 0 Å². The number of hydrogen-bond acceptors (Lipinski definition) is 5. The summed E-state index contributed by atoms with van der Waals surface area (Å²) in [5.41, 5.74) is 0. The van der Waals surface area contributed by atoms with Crippen molar-refractivity contribution in [2.24, 2.45) is 11.8 Å². The minimum Gasteiger partial charge on any atom is -0.481 e. The van der Waals surface area contributed by atoms with Crippen LogP contribution in [0.25, 0.3) is 0 Å². The van der Waals surface area contributed by atoms with E-state index < -0.39 is 41.9 Å². The summed E-state index contributed by atoms with van der Waals surface area (Å²) in [6.45, 7) is 9.24. The summed E-state index contributed by atoms with van der Waals surface area (Å²) in [5, 5.41) is 26.1. The van der Waals surface area contributed by atoms with Gasteiger partial charge in [-0.15, -0.1) is 0 Å². The second-order valence-electron chi connectivity index (χ2n) is 7.85. The number of carbonyl (C=O) groups is 4. The molecule has 0 spiro atoms. The number of rotatable bonds is 13. The zero-order chi connectivity index (χ0) is 21.9. The van der Waals surface area contributed by atoms with E-state index in [1.54, 1.807) is 0 Å². The third kappa shape index (κ3) is 11.5. The van der Waals surface area contributed by atoms with Gasteiger partial charge in [-0.2, -0.15) is 0 Å². The van der Waals surface area contributed by atoms with Gasteiger partial charge in [-0.05, 0) is 38.0 Å². The molecule has 0 aliphatic heterocycles. The number of carboxylic acid groups (broad SMARTS) is 1. The first-order chi connectivity index (χ1) is 12.9. The van der Waals surface area contributed by atoms with Crippen LogP contribution in [0.4, 0.5) is 0 Å². The minimum absolute atomic E-state index is 0.0523. The predicted molar refractivity (Wildman–Crippen MR) is 104 cm³/mol. The summed E-state index contributed by atoms with van der Waals surface area (Å²) in [6, 6.07) is -1.71. The standard InChI is InChI=1S/C19H35N3O6/c1-11(2)9-14(18(27)20-8-6-7-16(24)25)22-17(26)13(5)21-19(28)15(23)10-12(3)4/h11-15,23H,6-10H2,1-5H3,(H,20,27)(H,21,28)(H,22,26)(H,24,25). The summed E-state index contributed by atoms with van der Waals surface area (Å²) in [4.78, 5) is 47.2. The van der Waals surface area contributed by atoms with Crippen LogP contribution in [-0.2, 0) is 19.2 Å². The molecule has 9 heteroatoms. The van der Waals surface area contributed by atoms with E-state index in [2.05, 4.69) is 16.0 Å². The number of aliphatic carboxylic acids is 1. The summed E-state index contributed by atoms with van der Waals surface area (Å²) in [5.74, 6) is -2.24. The lowest BCUT2D eigenvalue weighted by atomic mass is 10.0. The van der Waals surface area contributed by atoms with Crippen LogP contribution in [0.1, 0.15) is 60.3 Å². The molecule has 0 rings (SSSR count). The molecule has 0 aliphatic rings. The van der Waals surface area contributed by atoms with E-state index in [-0.39, 0.29) is 31.2 Å². The Labute approximate surface area is 166 Å². The molecule has 0 aliphatic carbocycles. The van der Waals surface area contributed by atoms with Crippen molar-refractivity contribution in [1.82, 2.24) is 16.0 Å². The van der Waals surface area contributed by atoms with E-state index in [0.29, 0.717) is 12.8 Å². The van der Waals surface area contributed by atoms with E-state index in [0.717, 1.165) is 0 Å². The molecule has 3 unspecified atom stereocenters. The van der Waals surface area contributed by atoms with Crippen LogP contribution < -0.4 is 16.0 Å². The molecule has 0 bridgehead atoms. The number of carboxylic acids is 1. The number of carbonyl (C=O) groups excluding carboxylic acids is 3. The number of nitrogens with one attached hydrogen (secondary N) is 3. The van der Waals surface area contributed by atoms with Gasteiger partial charge in [0.2, 0.25) is 17.7 Å². The van der Waals surface area contributed by atoms with Crippen molar-refractivity contribution in [1.29, 1.82) is 0 Å². The van der Waals surface area contributed by atoms with Crippen molar-refractivity contribution in [3.63, 3.8) is 0 Å². The van der Waals surface area contributed by atoms with E-state index in [9.17, 15) is 24.3 Å². The van der Waals surface area contributed by atoms with Gasteiger partial charge in [0.1, 0.15) is 18.2 Å². The lowest BCUT2D eigenvalue weighted by molar-refractivity contribution is -0.137. The molecular weight excluding hydrogens is 366 g/mol. The lowest BCUT2D eigenvalue weighted by Gasteiger charge is -2.23. The van der Waals surface area contributed by atoms with Gasteiger partial charge >= 0.3 is 5.97 Å².